The van der Waals surface area contributed by atoms with Gasteiger partial charge in [0.25, 0.3) is 0 Å². The molecule has 1 aliphatic rings. The fourth-order valence-corrected chi connectivity index (χ4v) is 1.13. The molecule has 3 N–H and O–H groups in total. The molecule has 0 spiro atoms. The molecule has 2 atom stereocenters. The van der Waals surface area contributed by atoms with E-state index in [2.05, 4.69) is 6.08 Å². The van der Waals surface area contributed by atoms with Gasteiger partial charge in [0.2, 0.25) is 0 Å². The average molecular weight is 127 g/mol. The lowest BCUT2D eigenvalue weighted by atomic mass is 9.91. The van der Waals surface area contributed by atoms with Gasteiger partial charge in [-0.25, -0.2) is 0 Å². The minimum absolute atomic E-state index is 0.0868. The highest BCUT2D eigenvalue weighted by Gasteiger charge is 2.15. The number of hydrogen-bond acceptors (Lipinski definition) is 2. The van der Waals surface area contributed by atoms with Crippen molar-refractivity contribution in [1.29, 1.82) is 0 Å². The molecule has 0 aliphatic heterocycles. The van der Waals surface area contributed by atoms with Crippen molar-refractivity contribution in [1.82, 2.24) is 0 Å². The second kappa shape index (κ2) is 2.99. The van der Waals surface area contributed by atoms with Gasteiger partial charge in [-0.15, -0.1) is 0 Å². The van der Waals surface area contributed by atoms with E-state index in [4.69, 9.17) is 10.8 Å². The van der Waals surface area contributed by atoms with Gasteiger partial charge in [-0.2, -0.15) is 0 Å². The summed E-state index contributed by atoms with van der Waals surface area (Å²) in [7, 11) is 0. The van der Waals surface area contributed by atoms with Gasteiger partial charge in [-0.3, -0.25) is 0 Å². The molecule has 0 aromatic rings. The van der Waals surface area contributed by atoms with Gasteiger partial charge >= 0.3 is 0 Å². The van der Waals surface area contributed by atoms with E-state index in [9.17, 15) is 0 Å². The summed E-state index contributed by atoms with van der Waals surface area (Å²) in [4.78, 5) is 0. The zero-order valence-corrected chi connectivity index (χ0v) is 5.46. The van der Waals surface area contributed by atoms with Crippen LogP contribution in [0.4, 0.5) is 0 Å². The van der Waals surface area contributed by atoms with Crippen LogP contribution in [0.5, 0.6) is 0 Å². The number of aliphatic hydroxyl groups excluding tert-OH is 1. The minimum atomic E-state index is 0.0868. The second-order valence-corrected chi connectivity index (χ2v) is 2.53. The first-order valence-electron chi connectivity index (χ1n) is 3.37. The highest BCUT2D eigenvalue weighted by atomic mass is 16.3. The van der Waals surface area contributed by atoms with Crippen molar-refractivity contribution in [3.8, 4) is 0 Å². The molecule has 2 nitrogen and oxygen atoms in total. The topological polar surface area (TPSA) is 46.2 Å². The van der Waals surface area contributed by atoms with Gasteiger partial charge in [-0.1, -0.05) is 12.2 Å². The molecule has 1 aliphatic carbocycles. The Kier molecular flexibility index (Phi) is 2.25. The first kappa shape index (κ1) is 6.78. The van der Waals surface area contributed by atoms with E-state index in [1.165, 1.54) is 0 Å². The molecule has 1 rings (SSSR count). The Hall–Kier alpha value is -0.340. The number of rotatable bonds is 1. The van der Waals surface area contributed by atoms with E-state index in [0.717, 1.165) is 12.8 Å². The monoisotopic (exact) mass is 127 g/mol. The first-order chi connectivity index (χ1) is 4.34. The normalized spacial score (nSPS) is 34.9. The Bertz CT molecular complexity index is 111. The van der Waals surface area contributed by atoms with Crippen molar-refractivity contribution >= 4 is 0 Å². The fourth-order valence-electron chi connectivity index (χ4n) is 1.13. The van der Waals surface area contributed by atoms with E-state index >= 15 is 0 Å². The summed E-state index contributed by atoms with van der Waals surface area (Å²) >= 11 is 0. The van der Waals surface area contributed by atoms with Gasteiger partial charge < -0.3 is 10.8 Å². The predicted octanol–water partition coefficient (Wildman–Crippen LogP) is 0.272. The van der Waals surface area contributed by atoms with Gasteiger partial charge in [0.05, 0.1) is 0 Å². The van der Waals surface area contributed by atoms with Crippen molar-refractivity contribution in [3.63, 3.8) is 0 Å². The maximum absolute atomic E-state index is 8.75. The molecular formula is C7H13NO. The van der Waals surface area contributed by atoms with Crippen LogP contribution in [-0.2, 0) is 0 Å². The summed E-state index contributed by atoms with van der Waals surface area (Å²) in [6.45, 7) is 0.228. The van der Waals surface area contributed by atoms with Crippen molar-refractivity contribution < 1.29 is 5.11 Å². The molecular weight excluding hydrogens is 114 g/mol. The van der Waals surface area contributed by atoms with Crippen molar-refractivity contribution in [3.05, 3.63) is 12.2 Å². The Labute approximate surface area is 55.4 Å². The first-order valence-corrected chi connectivity index (χ1v) is 3.37. The van der Waals surface area contributed by atoms with E-state index in [1.807, 2.05) is 6.08 Å². The lowest BCUT2D eigenvalue weighted by Crippen LogP contribution is -2.32. The quantitative estimate of drug-likeness (QED) is 0.497. The molecule has 0 aromatic heterocycles. The lowest BCUT2D eigenvalue weighted by molar-refractivity contribution is 0.205. The van der Waals surface area contributed by atoms with Crippen LogP contribution in [0.25, 0.3) is 0 Å². The van der Waals surface area contributed by atoms with Crippen LogP contribution in [0.1, 0.15) is 12.8 Å². The molecule has 9 heavy (non-hydrogen) atoms. The third-order valence-corrected chi connectivity index (χ3v) is 1.84. The molecule has 0 radical (unpaired) electrons. The van der Waals surface area contributed by atoms with Gasteiger partial charge in [0, 0.05) is 18.6 Å². The molecule has 0 saturated heterocycles. The van der Waals surface area contributed by atoms with Crippen LogP contribution in [-0.4, -0.2) is 17.8 Å². The summed E-state index contributed by atoms with van der Waals surface area (Å²) in [5.41, 5.74) is 5.64. The molecule has 0 unspecified atom stereocenters. The molecule has 0 heterocycles. The van der Waals surface area contributed by atoms with E-state index in [-0.39, 0.29) is 12.6 Å². The Morgan fingerprint density at radius 1 is 1.67 bits per heavy atom. The van der Waals surface area contributed by atoms with Crippen LogP contribution in [0.2, 0.25) is 0 Å². The average Bonchev–Trinajstić information content (AvgIpc) is 1.89. The maximum atomic E-state index is 8.75. The summed E-state index contributed by atoms with van der Waals surface area (Å²) in [6, 6.07) is 0.0868. The Morgan fingerprint density at radius 2 is 2.44 bits per heavy atom. The van der Waals surface area contributed by atoms with E-state index in [1.54, 1.807) is 0 Å². The summed E-state index contributed by atoms with van der Waals surface area (Å²) in [5.74, 6) is 0.301. The maximum Gasteiger partial charge on any atom is 0.0477 e. The Morgan fingerprint density at radius 3 is 2.89 bits per heavy atom. The molecule has 0 amide bonds. The Balaban J connectivity index is 2.44. The fraction of sp³-hybridized carbons (Fsp3) is 0.714. The van der Waals surface area contributed by atoms with Crippen LogP contribution >= 0.6 is 0 Å². The van der Waals surface area contributed by atoms with Crippen molar-refractivity contribution in [2.75, 3.05) is 6.61 Å². The van der Waals surface area contributed by atoms with Gasteiger partial charge in [0.1, 0.15) is 0 Å². The molecule has 52 valence electrons. The van der Waals surface area contributed by atoms with E-state index < -0.39 is 0 Å². The number of aliphatic hydroxyl groups is 1. The van der Waals surface area contributed by atoms with E-state index in [0.29, 0.717) is 5.92 Å². The molecule has 0 aromatic carbocycles. The molecule has 0 saturated carbocycles. The van der Waals surface area contributed by atoms with Crippen LogP contribution in [0.15, 0.2) is 12.2 Å². The van der Waals surface area contributed by atoms with Gasteiger partial charge in [-0.05, 0) is 12.8 Å². The summed E-state index contributed by atoms with van der Waals surface area (Å²) in [6.07, 6.45) is 6.16. The minimum Gasteiger partial charge on any atom is -0.396 e. The third kappa shape index (κ3) is 1.53. The summed E-state index contributed by atoms with van der Waals surface area (Å²) < 4.78 is 0. The zero-order valence-electron chi connectivity index (χ0n) is 5.46. The molecule has 0 bridgehead atoms. The lowest BCUT2D eigenvalue weighted by Gasteiger charge is -2.21. The SMILES string of the molecule is N[C@@H]1C=CCC[C@@H]1CO. The zero-order chi connectivity index (χ0) is 6.69. The summed E-state index contributed by atoms with van der Waals surface area (Å²) in [5, 5.41) is 8.75. The largest absolute Gasteiger partial charge is 0.396 e. The van der Waals surface area contributed by atoms with Crippen LogP contribution in [0, 0.1) is 5.92 Å². The van der Waals surface area contributed by atoms with Gasteiger partial charge in [0.15, 0.2) is 0 Å². The van der Waals surface area contributed by atoms with Crippen molar-refractivity contribution in [2.24, 2.45) is 11.7 Å². The van der Waals surface area contributed by atoms with Crippen molar-refractivity contribution in [2.45, 2.75) is 18.9 Å². The van der Waals surface area contributed by atoms with Crippen LogP contribution in [0.3, 0.4) is 0 Å². The third-order valence-electron chi connectivity index (χ3n) is 1.84. The van der Waals surface area contributed by atoms with Crippen LogP contribution < -0.4 is 5.73 Å². The number of nitrogens with two attached hydrogens (primary N) is 1. The molecule has 2 heteroatoms. The second-order valence-electron chi connectivity index (χ2n) is 2.53. The number of allylic oxidation sites excluding steroid dienone is 1. The highest BCUT2D eigenvalue weighted by Crippen LogP contribution is 2.15. The predicted molar refractivity (Wildman–Crippen MR) is 36.9 cm³/mol. The molecule has 0 fully saturated rings. The number of hydrogen-bond donors (Lipinski definition) is 2. The standard InChI is InChI=1S/C7H13NO/c8-7-4-2-1-3-6(7)5-9/h2,4,6-7,9H,1,3,5,8H2/t6-,7-/m1/s1. The smallest absolute Gasteiger partial charge is 0.0477 e. The highest BCUT2D eigenvalue weighted by molar-refractivity contribution is 4.99.